The van der Waals surface area contributed by atoms with E-state index in [0.29, 0.717) is 10.8 Å². The minimum Gasteiger partial charge on any atom is -0.302 e. The van der Waals surface area contributed by atoms with Crippen LogP contribution in [-0.2, 0) is 6.54 Å². The normalized spacial score (nSPS) is 10.7. The molecule has 0 spiro atoms. The Hall–Kier alpha value is -1.26. The van der Waals surface area contributed by atoms with E-state index in [9.17, 15) is 0 Å². The van der Waals surface area contributed by atoms with E-state index in [1.54, 1.807) is 11.8 Å². The largest absolute Gasteiger partial charge is 0.302 e. The standard InChI is InChI=1S/C14H16ClN3S/c1-4-18-13(12-7-5-6-10(2)8-12)16-17-14(18)19-9-11(3)15/h5-8H,3-4,9H2,1-2H3. The first-order valence-corrected chi connectivity index (χ1v) is 7.44. The Morgan fingerprint density at radius 2 is 2.21 bits per heavy atom. The molecule has 19 heavy (non-hydrogen) atoms. The maximum absolute atomic E-state index is 5.80. The van der Waals surface area contributed by atoms with Crippen LogP contribution in [0.1, 0.15) is 12.5 Å². The van der Waals surface area contributed by atoms with Crippen molar-refractivity contribution in [3.63, 3.8) is 0 Å². The summed E-state index contributed by atoms with van der Waals surface area (Å²) >= 11 is 7.35. The third-order valence-corrected chi connectivity index (χ3v) is 4.01. The molecule has 1 aromatic heterocycles. The zero-order chi connectivity index (χ0) is 13.8. The van der Waals surface area contributed by atoms with E-state index in [0.717, 1.165) is 23.1 Å². The van der Waals surface area contributed by atoms with E-state index >= 15 is 0 Å². The molecule has 0 N–H and O–H groups in total. The average Bonchev–Trinajstić information content (AvgIpc) is 2.79. The van der Waals surface area contributed by atoms with E-state index < -0.39 is 0 Å². The van der Waals surface area contributed by atoms with E-state index in [1.807, 2.05) is 6.07 Å². The number of hydrogen-bond donors (Lipinski definition) is 0. The maximum atomic E-state index is 5.80. The Kier molecular flexibility index (Phi) is 4.66. The average molecular weight is 294 g/mol. The highest BCUT2D eigenvalue weighted by Gasteiger charge is 2.13. The lowest BCUT2D eigenvalue weighted by atomic mass is 10.1. The lowest BCUT2D eigenvalue weighted by Gasteiger charge is -2.07. The van der Waals surface area contributed by atoms with E-state index in [4.69, 9.17) is 11.6 Å². The number of rotatable bonds is 5. The molecule has 0 aliphatic heterocycles. The molecule has 0 unspecified atom stereocenters. The van der Waals surface area contributed by atoms with Gasteiger partial charge in [0.1, 0.15) is 0 Å². The SMILES string of the molecule is C=C(Cl)CSc1nnc(-c2cccc(C)c2)n1CC. The van der Waals surface area contributed by atoms with Gasteiger partial charge in [0.25, 0.3) is 0 Å². The summed E-state index contributed by atoms with van der Waals surface area (Å²) in [7, 11) is 0. The second kappa shape index (κ2) is 6.26. The number of halogens is 1. The Bertz CT molecular complexity index is 592. The number of benzene rings is 1. The van der Waals surface area contributed by atoms with Gasteiger partial charge in [-0.2, -0.15) is 0 Å². The third kappa shape index (κ3) is 3.39. The number of aromatic nitrogens is 3. The second-order valence-corrected chi connectivity index (χ2v) is 5.70. The van der Waals surface area contributed by atoms with Gasteiger partial charge >= 0.3 is 0 Å². The molecule has 1 aromatic carbocycles. The van der Waals surface area contributed by atoms with Gasteiger partial charge in [-0.1, -0.05) is 53.7 Å². The smallest absolute Gasteiger partial charge is 0.191 e. The van der Waals surface area contributed by atoms with Crippen LogP contribution in [0.15, 0.2) is 41.0 Å². The lowest BCUT2D eigenvalue weighted by Crippen LogP contribution is -2.00. The maximum Gasteiger partial charge on any atom is 0.191 e. The van der Waals surface area contributed by atoms with Gasteiger partial charge in [-0.25, -0.2) is 0 Å². The summed E-state index contributed by atoms with van der Waals surface area (Å²) in [5.41, 5.74) is 2.30. The van der Waals surface area contributed by atoms with Gasteiger partial charge in [-0.15, -0.1) is 10.2 Å². The van der Waals surface area contributed by atoms with Crippen molar-refractivity contribution in [3.8, 4) is 11.4 Å². The zero-order valence-electron chi connectivity index (χ0n) is 11.1. The first-order valence-electron chi connectivity index (χ1n) is 6.08. The molecule has 0 saturated carbocycles. The van der Waals surface area contributed by atoms with Gasteiger partial charge in [-0.05, 0) is 19.9 Å². The molecule has 2 aromatic rings. The molecule has 0 atom stereocenters. The van der Waals surface area contributed by atoms with Crippen LogP contribution in [0, 0.1) is 6.92 Å². The topological polar surface area (TPSA) is 30.7 Å². The van der Waals surface area contributed by atoms with Gasteiger partial charge in [0.2, 0.25) is 0 Å². The number of thioether (sulfide) groups is 1. The zero-order valence-corrected chi connectivity index (χ0v) is 12.6. The fourth-order valence-electron chi connectivity index (χ4n) is 1.82. The number of hydrogen-bond acceptors (Lipinski definition) is 3. The fourth-order valence-corrected chi connectivity index (χ4v) is 2.74. The summed E-state index contributed by atoms with van der Waals surface area (Å²) in [6, 6.07) is 8.28. The molecule has 0 bridgehead atoms. The summed E-state index contributed by atoms with van der Waals surface area (Å²) in [6.07, 6.45) is 0. The molecule has 0 aliphatic carbocycles. The van der Waals surface area contributed by atoms with Crippen molar-refractivity contribution in [2.75, 3.05) is 5.75 Å². The summed E-state index contributed by atoms with van der Waals surface area (Å²) in [5, 5.41) is 10.0. The fraction of sp³-hybridized carbons (Fsp3) is 0.286. The summed E-state index contributed by atoms with van der Waals surface area (Å²) in [4.78, 5) is 0. The Morgan fingerprint density at radius 3 is 2.84 bits per heavy atom. The lowest BCUT2D eigenvalue weighted by molar-refractivity contribution is 0.688. The molecule has 2 rings (SSSR count). The quantitative estimate of drug-likeness (QED) is 0.777. The van der Waals surface area contributed by atoms with Gasteiger partial charge in [0.15, 0.2) is 11.0 Å². The minimum absolute atomic E-state index is 0.618. The highest BCUT2D eigenvalue weighted by molar-refractivity contribution is 7.99. The summed E-state index contributed by atoms with van der Waals surface area (Å²) in [5.74, 6) is 1.54. The Balaban J connectivity index is 2.34. The molecular formula is C14H16ClN3S. The molecule has 5 heteroatoms. The minimum atomic E-state index is 0.618. The molecule has 100 valence electrons. The molecule has 3 nitrogen and oxygen atoms in total. The van der Waals surface area contributed by atoms with Crippen molar-refractivity contribution in [1.82, 2.24) is 14.8 Å². The van der Waals surface area contributed by atoms with Crippen molar-refractivity contribution < 1.29 is 0 Å². The van der Waals surface area contributed by atoms with Crippen LogP contribution in [0.5, 0.6) is 0 Å². The van der Waals surface area contributed by atoms with Crippen molar-refractivity contribution >= 4 is 23.4 Å². The van der Waals surface area contributed by atoms with Crippen LogP contribution in [0.2, 0.25) is 0 Å². The predicted molar refractivity (Wildman–Crippen MR) is 81.6 cm³/mol. The molecule has 0 aliphatic rings. The predicted octanol–water partition coefficient (Wildman–Crippen LogP) is 4.12. The van der Waals surface area contributed by atoms with Crippen molar-refractivity contribution in [2.24, 2.45) is 0 Å². The van der Waals surface area contributed by atoms with Crippen LogP contribution in [0.3, 0.4) is 0 Å². The second-order valence-electron chi connectivity index (χ2n) is 4.23. The molecular weight excluding hydrogens is 278 g/mol. The van der Waals surface area contributed by atoms with Crippen molar-refractivity contribution in [3.05, 3.63) is 41.4 Å². The van der Waals surface area contributed by atoms with Crippen LogP contribution >= 0.6 is 23.4 Å². The van der Waals surface area contributed by atoms with Crippen LogP contribution in [0.4, 0.5) is 0 Å². The monoisotopic (exact) mass is 293 g/mol. The van der Waals surface area contributed by atoms with Gasteiger partial charge in [0, 0.05) is 22.9 Å². The molecule has 0 radical (unpaired) electrons. The summed E-state index contributed by atoms with van der Waals surface area (Å²) in [6.45, 7) is 8.67. The van der Waals surface area contributed by atoms with Crippen LogP contribution < -0.4 is 0 Å². The molecule has 1 heterocycles. The first kappa shape index (κ1) is 14.2. The van der Waals surface area contributed by atoms with Gasteiger partial charge < -0.3 is 4.57 Å². The Morgan fingerprint density at radius 1 is 1.42 bits per heavy atom. The highest BCUT2D eigenvalue weighted by atomic mass is 35.5. The van der Waals surface area contributed by atoms with Gasteiger partial charge in [0.05, 0.1) is 0 Å². The third-order valence-electron chi connectivity index (χ3n) is 2.67. The van der Waals surface area contributed by atoms with E-state index in [-0.39, 0.29) is 0 Å². The number of aryl methyl sites for hydroxylation is 1. The molecule has 0 saturated heterocycles. The highest BCUT2D eigenvalue weighted by Crippen LogP contribution is 2.25. The van der Waals surface area contributed by atoms with E-state index in [2.05, 4.69) is 53.4 Å². The van der Waals surface area contributed by atoms with Gasteiger partial charge in [-0.3, -0.25) is 0 Å². The molecule has 0 amide bonds. The van der Waals surface area contributed by atoms with E-state index in [1.165, 1.54) is 5.56 Å². The first-order chi connectivity index (χ1) is 9.11. The summed E-state index contributed by atoms with van der Waals surface area (Å²) < 4.78 is 2.10. The van der Waals surface area contributed by atoms with Crippen molar-refractivity contribution in [1.29, 1.82) is 0 Å². The van der Waals surface area contributed by atoms with Crippen LogP contribution in [-0.4, -0.2) is 20.5 Å². The Labute approximate surface area is 122 Å². The molecule has 0 fully saturated rings. The van der Waals surface area contributed by atoms with Crippen molar-refractivity contribution in [2.45, 2.75) is 25.5 Å². The van der Waals surface area contributed by atoms with Crippen LogP contribution in [0.25, 0.3) is 11.4 Å². The number of nitrogens with zero attached hydrogens (tertiary/aromatic N) is 3.